The molecule has 42 heavy (non-hydrogen) atoms. The van der Waals surface area contributed by atoms with Crippen LogP contribution in [0.15, 0.2) is 0 Å². The number of hydrogen-bond donors (Lipinski definition) is 2. The van der Waals surface area contributed by atoms with Crippen molar-refractivity contribution in [1.82, 2.24) is 4.90 Å². The summed E-state index contributed by atoms with van der Waals surface area (Å²) in [6.45, 7) is 21.3. The summed E-state index contributed by atoms with van der Waals surface area (Å²) in [5, 5.41) is 21.7. The second-order valence-electron chi connectivity index (χ2n) is 18.2. The maximum absolute atomic E-state index is 11.1. The maximum Gasteiger partial charge on any atom is 0.170 e. The summed E-state index contributed by atoms with van der Waals surface area (Å²) in [5.74, 6) is 2.89. The predicted octanol–water partition coefficient (Wildman–Crippen LogP) is 5.88. The SMILES string of the molecule is C[C@@H]1CC([C@H](O)C(C)(C)O)OC2[C@H]1[C@@]1(C)CC[C@@]34CC35CC[C@H](OC3CN(C)CCO3)C(C)(C)[C@@H]5CCC4[C@]1(C)[C@H]2C. The molecular weight excluding hydrogens is 526 g/mol. The molecule has 5 aliphatic carbocycles. The van der Waals surface area contributed by atoms with Crippen LogP contribution >= 0.6 is 0 Å². The molecular formula is C36H61NO5. The first-order chi connectivity index (χ1) is 19.5. The van der Waals surface area contributed by atoms with Crippen molar-refractivity contribution in [1.29, 1.82) is 0 Å². The molecule has 2 N–H and O–H groups in total. The van der Waals surface area contributed by atoms with E-state index in [0.29, 0.717) is 28.6 Å². The molecule has 2 heterocycles. The molecule has 14 atom stereocenters. The molecule has 5 saturated carbocycles. The molecule has 0 amide bonds. The Balaban J connectivity index is 1.15. The number of aliphatic hydroxyl groups is 2. The molecule has 0 aromatic rings. The molecule has 2 aliphatic heterocycles. The van der Waals surface area contributed by atoms with Gasteiger partial charge in [-0.15, -0.1) is 0 Å². The van der Waals surface area contributed by atoms with Crippen molar-refractivity contribution in [2.75, 3.05) is 26.7 Å². The second kappa shape index (κ2) is 9.41. The highest BCUT2D eigenvalue weighted by molar-refractivity contribution is 5.32. The zero-order chi connectivity index (χ0) is 30.3. The van der Waals surface area contributed by atoms with E-state index in [9.17, 15) is 10.2 Å². The molecule has 240 valence electrons. The average Bonchev–Trinajstić information content (AvgIpc) is 3.54. The summed E-state index contributed by atoms with van der Waals surface area (Å²) in [4.78, 5) is 2.34. The van der Waals surface area contributed by atoms with E-state index < -0.39 is 11.7 Å². The van der Waals surface area contributed by atoms with Crippen LogP contribution in [0.25, 0.3) is 0 Å². The molecule has 7 aliphatic rings. The molecule has 7 rings (SSSR count). The van der Waals surface area contributed by atoms with Crippen molar-refractivity contribution < 1.29 is 24.4 Å². The topological polar surface area (TPSA) is 71.4 Å². The summed E-state index contributed by atoms with van der Waals surface area (Å²) in [6.07, 6.45) is 9.21. The van der Waals surface area contributed by atoms with Crippen molar-refractivity contribution in [3.8, 4) is 0 Å². The van der Waals surface area contributed by atoms with Crippen LogP contribution in [0, 0.1) is 56.7 Å². The smallest absolute Gasteiger partial charge is 0.170 e. The molecule has 2 saturated heterocycles. The summed E-state index contributed by atoms with van der Waals surface area (Å²) in [7, 11) is 2.17. The van der Waals surface area contributed by atoms with Gasteiger partial charge in [0.05, 0.1) is 30.5 Å². The molecule has 6 nitrogen and oxygen atoms in total. The first-order valence-electron chi connectivity index (χ1n) is 17.5. The van der Waals surface area contributed by atoms with E-state index in [1.807, 2.05) is 0 Å². The highest BCUT2D eigenvalue weighted by Gasteiger charge is 2.84. The average molecular weight is 588 g/mol. The van der Waals surface area contributed by atoms with Gasteiger partial charge in [0.1, 0.15) is 6.10 Å². The Labute approximate surface area is 255 Å². The Morgan fingerprint density at radius 1 is 0.976 bits per heavy atom. The highest BCUT2D eigenvalue weighted by atomic mass is 16.7. The van der Waals surface area contributed by atoms with Gasteiger partial charge in [0.25, 0.3) is 0 Å². The minimum absolute atomic E-state index is 0.0932. The standard InChI is InChI=1S/C36H61NO5/c1-21-18-23(30(38)32(5,6)39)41-29-22(2)34(8)25-11-10-24-31(3,4)26(42-27-19-37(9)16-17-40-27)12-13-35(24)20-36(25,35)15-14-33(34,7)28(21)29/h21-30,38-39H,10-20H2,1-9H3/t21-,22+,23?,24+,25?,26+,27?,28+,29?,30+,33-,34+,35?,36+/m1/s1. The first-order valence-corrected chi connectivity index (χ1v) is 17.5. The van der Waals surface area contributed by atoms with E-state index in [4.69, 9.17) is 14.2 Å². The van der Waals surface area contributed by atoms with Crippen LogP contribution < -0.4 is 0 Å². The lowest BCUT2D eigenvalue weighted by atomic mass is 9.40. The lowest BCUT2D eigenvalue weighted by Crippen LogP contribution is -2.59. The van der Waals surface area contributed by atoms with Crippen LogP contribution in [-0.2, 0) is 14.2 Å². The fraction of sp³-hybridized carbons (Fsp3) is 1.00. The van der Waals surface area contributed by atoms with Gasteiger partial charge in [-0.1, -0.05) is 41.5 Å². The fourth-order valence-corrected chi connectivity index (χ4v) is 13.7. The summed E-state index contributed by atoms with van der Waals surface area (Å²) >= 11 is 0. The lowest BCUT2D eigenvalue weighted by Gasteiger charge is -2.64. The molecule has 2 spiro atoms. The lowest BCUT2D eigenvalue weighted by molar-refractivity contribution is -0.246. The Hall–Kier alpha value is -0.240. The largest absolute Gasteiger partial charge is 0.388 e. The van der Waals surface area contributed by atoms with Crippen LogP contribution in [0.5, 0.6) is 0 Å². The molecule has 5 unspecified atom stereocenters. The van der Waals surface area contributed by atoms with E-state index in [0.717, 1.165) is 44.4 Å². The van der Waals surface area contributed by atoms with E-state index >= 15 is 0 Å². The third-order valence-corrected chi connectivity index (χ3v) is 15.9. The highest BCUT2D eigenvalue weighted by Crippen LogP contribution is 2.89. The van der Waals surface area contributed by atoms with Gasteiger partial charge in [-0.05, 0) is 129 Å². The van der Waals surface area contributed by atoms with Crippen LogP contribution in [-0.4, -0.2) is 78.2 Å². The van der Waals surface area contributed by atoms with Gasteiger partial charge in [-0.25, -0.2) is 0 Å². The van der Waals surface area contributed by atoms with Crippen LogP contribution in [0.3, 0.4) is 0 Å². The van der Waals surface area contributed by atoms with E-state index in [1.165, 1.54) is 38.5 Å². The number of rotatable bonds is 4. The number of nitrogens with zero attached hydrogens (tertiary/aromatic N) is 1. The number of hydrogen-bond acceptors (Lipinski definition) is 6. The summed E-state index contributed by atoms with van der Waals surface area (Å²) in [6, 6.07) is 0. The van der Waals surface area contributed by atoms with Crippen molar-refractivity contribution in [3.05, 3.63) is 0 Å². The zero-order valence-corrected chi connectivity index (χ0v) is 28.1. The van der Waals surface area contributed by atoms with Crippen LogP contribution in [0.1, 0.15) is 107 Å². The molecule has 7 fully saturated rings. The molecule has 0 aromatic heterocycles. The monoisotopic (exact) mass is 587 g/mol. The molecule has 0 bridgehead atoms. The molecule has 0 radical (unpaired) electrons. The van der Waals surface area contributed by atoms with Gasteiger partial charge < -0.3 is 24.4 Å². The Morgan fingerprint density at radius 3 is 2.36 bits per heavy atom. The number of morpholine rings is 1. The zero-order valence-electron chi connectivity index (χ0n) is 28.1. The van der Waals surface area contributed by atoms with Crippen LogP contribution in [0.2, 0.25) is 0 Å². The van der Waals surface area contributed by atoms with E-state index in [2.05, 4.69) is 53.5 Å². The number of aliphatic hydroxyl groups excluding tert-OH is 1. The van der Waals surface area contributed by atoms with Gasteiger partial charge in [-0.3, -0.25) is 4.90 Å². The second-order valence-corrected chi connectivity index (χ2v) is 18.2. The van der Waals surface area contributed by atoms with Crippen molar-refractivity contribution in [2.24, 2.45) is 56.7 Å². The van der Waals surface area contributed by atoms with Crippen LogP contribution in [0.4, 0.5) is 0 Å². The number of ether oxygens (including phenoxy) is 3. The Morgan fingerprint density at radius 2 is 1.67 bits per heavy atom. The van der Waals surface area contributed by atoms with Crippen molar-refractivity contribution in [3.63, 3.8) is 0 Å². The maximum atomic E-state index is 11.1. The predicted molar refractivity (Wildman–Crippen MR) is 164 cm³/mol. The van der Waals surface area contributed by atoms with Crippen molar-refractivity contribution >= 4 is 0 Å². The van der Waals surface area contributed by atoms with Crippen molar-refractivity contribution in [2.45, 2.75) is 143 Å². The minimum Gasteiger partial charge on any atom is -0.388 e. The molecule has 6 heteroatoms. The number of likely N-dealkylation sites (N-methyl/N-ethyl adjacent to an activating group) is 1. The third kappa shape index (κ3) is 3.78. The van der Waals surface area contributed by atoms with E-state index in [1.54, 1.807) is 13.8 Å². The Bertz CT molecular complexity index is 1070. The minimum atomic E-state index is -1.16. The number of fused-ring (bicyclic) bond motifs is 4. The first kappa shape index (κ1) is 30.4. The summed E-state index contributed by atoms with van der Waals surface area (Å²) in [5.41, 5.74) is 0.389. The third-order valence-electron chi connectivity index (χ3n) is 15.9. The van der Waals surface area contributed by atoms with Gasteiger partial charge in [0, 0.05) is 13.1 Å². The normalized spacial score (nSPS) is 55.9. The van der Waals surface area contributed by atoms with Gasteiger partial charge in [0.15, 0.2) is 6.29 Å². The summed E-state index contributed by atoms with van der Waals surface area (Å²) < 4.78 is 19.8. The van der Waals surface area contributed by atoms with Gasteiger partial charge in [-0.2, -0.15) is 0 Å². The molecule has 0 aromatic carbocycles. The van der Waals surface area contributed by atoms with Gasteiger partial charge >= 0.3 is 0 Å². The van der Waals surface area contributed by atoms with E-state index in [-0.39, 0.29) is 40.8 Å². The quantitative estimate of drug-likeness (QED) is 0.428. The fourth-order valence-electron chi connectivity index (χ4n) is 13.7. The van der Waals surface area contributed by atoms with Gasteiger partial charge in [0.2, 0.25) is 0 Å². The Kier molecular flexibility index (Phi) is 6.81.